The van der Waals surface area contributed by atoms with Crippen LogP contribution in [-0.4, -0.2) is 7.11 Å². The number of hydrogen-bond acceptors (Lipinski definition) is 1. The molecule has 0 atom stereocenters. The van der Waals surface area contributed by atoms with Gasteiger partial charge in [-0.2, -0.15) is 0 Å². The largest absolute Gasteiger partial charge is 0.380 e. The third kappa shape index (κ3) is 1.84. The minimum atomic E-state index is -0.227. The van der Waals surface area contributed by atoms with Crippen LogP contribution in [0.25, 0.3) is 0 Å². The second-order valence-electron chi connectivity index (χ2n) is 2.59. The first-order chi connectivity index (χ1) is 5.66. The van der Waals surface area contributed by atoms with Crippen molar-refractivity contribution in [3.8, 4) is 0 Å². The summed E-state index contributed by atoms with van der Waals surface area (Å²) < 4.78 is 18.8. The average Bonchev–Trinajstić information content (AvgIpc) is 2.06. The van der Waals surface area contributed by atoms with Gasteiger partial charge in [0.1, 0.15) is 5.82 Å². The molecular weight excluding hydrogens is 223 g/mol. The summed E-state index contributed by atoms with van der Waals surface area (Å²) in [4.78, 5) is 0. The monoisotopic (exact) mass is 232 g/mol. The van der Waals surface area contributed by atoms with Crippen molar-refractivity contribution in [2.24, 2.45) is 0 Å². The molecule has 0 radical (unpaired) electrons. The maximum Gasteiger partial charge on any atom is 0.129 e. The number of ether oxygens (including phenoxy) is 1. The van der Waals surface area contributed by atoms with Crippen LogP contribution in [0.15, 0.2) is 16.6 Å². The van der Waals surface area contributed by atoms with Crippen LogP contribution < -0.4 is 0 Å². The number of aryl methyl sites for hydroxylation is 1. The van der Waals surface area contributed by atoms with E-state index in [4.69, 9.17) is 4.74 Å². The third-order valence-corrected chi connectivity index (χ3v) is 2.77. The van der Waals surface area contributed by atoms with Crippen LogP contribution in [0.5, 0.6) is 0 Å². The lowest BCUT2D eigenvalue weighted by Gasteiger charge is -2.06. The maximum atomic E-state index is 13.1. The van der Waals surface area contributed by atoms with E-state index in [2.05, 4.69) is 15.9 Å². The van der Waals surface area contributed by atoms with Gasteiger partial charge < -0.3 is 4.74 Å². The van der Waals surface area contributed by atoms with Crippen molar-refractivity contribution < 1.29 is 9.13 Å². The van der Waals surface area contributed by atoms with Crippen molar-refractivity contribution in [2.45, 2.75) is 13.5 Å². The lowest BCUT2D eigenvalue weighted by atomic mass is 10.1. The second kappa shape index (κ2) is 4.01. The van der Waals surface area contributed by atoms with Gasteiger partial charge in [-0.3, -0.25) is 0 Å². The Morgan fingerprint density at radius 2 is 2.17 bits per heavy atom. The number of rotatable bonds is 2. The van der Waals surface area contributed by atoms with E-state index >= 15 is 0 Å². The first-order valence-electron chi connectivity index (χ1n) is 3.59. The highest BCUT2D eigenvalue weighted by Gasteiger charge is 2.07. The molecule has 0 heterocycles. The molecule has 0 amide bonds. The molecule has 3 heteroatoms. The van der Waals surface area contributed by atoms with Gasteiger partial charge in [-0.25, -0.2) is 4.39 Å². The van der Waals surface area contributed by atoms with E-state index in [9.17, 15) is 4.39 Å². The quantitative estimate of drug-likeness (QED) is 0.762. The van der Waals surface area contributed by atoms with Gasteiger partial charge in [-0.1, -0.05) is 22.0 Å². The summed E-state index contributed by atoms with van der Waals surface area (Å²) in [7, 11) is 1.55. The van der Waals surface area contributed by atoms with Gasteiger partial charge in [0.25, 0.3) is 0 Å². The molecule has 1 aromatic rings. The lowest BCUT2D eigenvalue weighted by molar-refractivity contribution is 0.181. The summed E-state index contributed by atoms with van der Waals surface area (Å²) in [5.74, 6) is -0.227. The van der Waals surface area contributed by atoms with Crippen molar-refractivity contribution in [2.75, 3.05) is 7.11 Å². The van der Waals surface area contributed by atoms with Gasteiger partial charge in [-0.15, -0.1) is 0 Å². The fourth-order valence-corrected chi connectivity index (χ4v) is 1.43. The SMILES string of the molecule is COCc1c(F)ccc(C)c1Br. The van der Waals surface area contributed by atoms with E-state index in [-0.39, 0.29) is 5.82 Å². The molecular formula is C9H10BrFO. The Kier molecular flexibility index (Phi) is 3.23. The van der Waals surface area contributed by atoms with Gasteiger partial charge in [-0.05, 0) is 18.6 Å². The Balaban J connectivity index is 3.14. The molecule has 0 unspecified atom stereocenters. The predicted molar refractivity (Wildman–Crippen MR) is 49.6 cm³/mol. The molecule has 66 valence electrons. The highest BCUT2D eigenvalue weighted by Crippen LogP contribution is 2.24. The van der Waals surface area contributed by atoms with E-state index in [1.165, 1.54) is 6.07 Å². The molecule has 12 heavy (non-hydrogen) atoms. The van der Waals surface area contributed by atoms with E-state index in [1.807, 2.05) is 6.92 Å². The number of halogens is 2. The summed E-state index contributed by atoms with van der Waals surface area (Å²) in [6.45, 7) is 2.22. The van der Waals surface area contributed by atoms with Crippen molar-refractivity contribution in [3.05, 3.63) is 33.5 Å². The maximum absolute atomic E-state index is 13.1. The Hall–Kier alpha value is -0.410. The lowest BCUT2D eigenvalue weighted by Crippen LogP contribution is -1.95. The van der Waals surface area contributed by atoms with Gasteiger partial charge in [0.05, 0.1) is 6.61 Å². The Bertz CT molecular complexity index is 286. The molecule has 0 saturated heterocycles. The number of hydrogen-bond donors (Lipinski definition) is 0. The van der Waals surface area contributed by atoms with Gasteiger partial charge in [0, 0.05) is 17.1 Å². The van der Waals surface area contributed by atoms with Crippen LogP contribution >= 0.6 is 15.9 Å². The topological polar surface area (TPSA) is 9.23 Å². The fraction of sp³-hybridized carbons (Fsp3) is 0.333. The zero-order valence-electron chi connectivity index (χ0n) is 7.03. The molecule has 0 bridgehead atoms. The smallest absolute Gasteiger partial charge is 0.129 e. The van der Waals surface area contributed by atoms with Crippen LogP contribution in [0.2, 0.25) is 0 Å². The molecule has 0 saturated carbocycles. The van der Waals surface area contributed by atoms with Gasteiger partial charge >= 0.3 is 0 Å². The van der Waals surface area contributed by atoms with E-state index in [0.29, 0.717) is 12.2 Å². The molecule has 0 aliphatic heterocycles. The second-order valence-corrected chi connectivity index (χ2v) is 3.38. The zero-order valence-corrected chi connectivity index (χ0v) is 8.61. The molecule has 0 fully saturated rings. The average molecular weight is 233 g/mol. The first-order valence-corrected chi connectivity index (χ1v) is 4.38. The summed E-state index contributed by atoms with van der Waals surface area (Å²) in [5, 5.41) is 0. The first kappa shape index (κ1) is 9.68. The van der Waals surface area contributed by atoms with Crippen LogP contribution in [0.3, 0.4) is 0 Å². The molecule has 1 aromatic carbocycles. The standard InChI is InChI=1S/C9H10BrFO/c1-6-3-4-8(11)7(5-12-2)9(6)10/h3-4H,5H2,1-2H3. The van der Waals surface area contributed by atoms with Gasteiger partial charge in [0.15, 0.2) is 0 Å². The van der Waals surface area contributed by atoms with Gasteiger partial charge in [0.2, 0.25) is 0 Å². The molecule has 0 spiro atoms. The number of methoxy groups -OCH3 is 1. The summed E-state index contributed by atoms with van der Waals surface area (Å²) in [6.07, 6.45) is 0. The van der Waals surface area contributed by atoms with E-state index in [0.717, 1.165) is 10.0 Å². The molecule has 0 aliphatic carbocycles. The third-order valence-electron chi connectivity index (χ3n) is 1.67. The molecule has 0 aromatic heterocycles. The van der Waals surface area contributed by atoms with Crippen molar-refractivity contribution >= 4 is 15.9 Å². The molecule has 0 aliphatic rings. The molecule has 1 nitrogen and oxygen atoms in total. The number of benzene rings is 1. The minimum Gasteiger partial charge on any atom is -0.380 e. The fourth-order valence-electron chi connectivity index (χ4n) is 0.991. The van der Waals surface area contributed by atoms with Crippen LogP contribution in [0, 0.1) is 12.7 Å². The van der Waals surface area contributed by atoms with Crippen molar-refractivity contribution in [3.63, 3.8) is 0 Å². The van der Waals surface area contributed by atoms with E-state index in [1.54, 1.807) is 13.2 Å². The Morgan fingerprint density at radius 3 is 2.75 bits per heavy atom. The highest BCUT2D eigenvalue weighted by molar-refractivity contribution is 9.10. The summed E-state index contributed by atoms with van der Waals surface area (Å²) >= 11 is 3.31. The summed E-state index contributed by atoms with van der Waals surface area (Å²) in [5.41, 5.74) is 1.60. The Morgan fingerprint density at radius 1 is 1.50 bits per heavy atom. The van der Waals surface area contributed by atoms with Crippen LogP contribution in [0.4, 0.5) is 4.39 Å². The Labute approximate surface area is 79.7 Å². The zero-order chi connectivity index (χ0) is 9.14. The van der Waals surface area contributed by atoms with E-state index < -0.39 is 0 Å². The normalized spacial score (nSPS) is 10.3. The predicted octanol–water partition coefficient (Wildman–Crippen LogP) is 3.04. The summed E-state index contributed by atoms with van der Waals surface area (Å²) in [6, 6.07) is 3.19. The van der Waals surface area contributed by atoms with Crippen LogP contribution in [-0.2, 0) is 11.3 Å². The van der Waals surface area contributed by atoms with Crippen molar-refractivity contribution in [1.29, 1.82) is 0 Å². The van der Waals surface area contributed by atoms with Crippen molar-refractivity contribution in [1.82, 2.24) is 0 Å². The molecule has 1 rings (SSSR count). The molecule has 0 N–H and O–H groups in total. The van der Waals surface area contributed by atoms with Crippen LogP contribution in [0.1, 0.15) is 11.1 Å². The highest BCUT2D eigenvalue weighted by atomic mass is 79.9. The minimum absolute atomic E-state index is 0.227.